The number of pyridine rings is 1. The largest absolute Gasteiger partial charge is 0.353 e. The molecule has 1 N–H and O–H groups in total. The number of nitrogens with one attached hydrogen (secondary N) is 1. The van der Waals surface area contributed by atoms with Gasteiger partial charge in [0, 0.05) is 17.1 Å². The summed E-state index contributed by atoms with van der Waals surface area (Å²) in [6, 6.07) is 11.6. The third kappa shape index (κ3) is 1.80. The molecule has 3 heteroatoms. The number of H-pyrrole nitrogens is 1. The van der Waals surface area contributed by atoms with Gasteiger partial charge in [-0.3, -0.25) is 0 Å². The third-order valence-electron chi connectivity index (χ3n) is 2.83. The van der Waals surface area contributed by atoms with E-state index in [0.29, 0.717) is 0 Å². The molecular weight excluding hydrogens is 215 g/mol. The van der Waals surface area contributed by atoms with Crippen molar-refractivity contribution in [1.29, 1.82) is 0 Å². The number of hydrogen-bond acceptors (Lipinski definition) is 1. The Hall–Kier alpha value is -2.16. The van der Waals surface area contributed by atoms with Crippen LogP contribution in [-0.4, -0.2) is 9.97 Å². The molecule has 0 amide bonds. The summed E-state index contributed by atoms with van der Waals surface area (Å²) >= 11 is 0. The maximum Gasteiger partial charge on any atom is 0.213 e. The molecule has 84 valence electrons. The molecule has 0 unspecified atom stereocenters. The van der Waals surface area contributed by atoms with Gasteiger partial charge >= 0.3 is 0 Å². The van der Waals surface area contributed by atoms with Gasteiger partial charge in [-0.2, -0.15) is 4.39 Å². The fraction of sp³-hybridized carbons (Fsp3) is 0.0714. The summed E-state index contributed by atoms with van der Waals surface area (Å²) in [6.07, 6.45) is 1.52. The third-order valence-corrected chi connectivity index (χ3v) is 2.83. The monoisotopic (exact) mass is 226 g/mol. The zero-order valence-corrected chi connectivity index (χ0v) is 9.37. The molecule has 17 heavy (non-hydrogen) atoms. The first-order valence-corrected chi connectivity index (χ1v) is 5.44. The smallest absolute Gasteiger partial charge is 0.213 e. The number of aromatic nitrogens is 2. The van der Waals surface area contributed by atoms with E-state index in [1.54, 1.807) is 0 Å². The topological polar surface area (TPSA) is 28.7 Å². The highest BCUT2D eigenvalue weighted by molar-refractivity contribution is 5.85. The first-order chi connectivity index (χ1) is 8.22. The first kappa shape index (κ1) is 10.0. The Bertz CT molecular complexity index is 668. The molecule has 0 atom stereocenters. The Morgan fingerprint density at radius 3 is 2.65 bits per heavy atom. The molecule has 0 bridgehead atoms. The van der Waals surface area contributed by atoms with E-state index in [4.69, 9.17) is 0 Å². The molecule has 0 aliphatic rings. The van der Waals surface area contributed by atoms with Crippen LogP contribution in [0.15, 0.2) is 42.6 Å². The van der Waals surface area contributed by atoms with Gasteiger partial charge in [-0.25, -0.2) is 4.98 Å². The number of aromatic amines is 1. The maximum absolute atomic E-state index is 13.0. The summed E-state index contributed by atoms with van der Waals surface area (Å²) in [5.41, 5.74) is 4.14. The van der Waals surface area contributed by atoms with Crippen molar-refractivity contribution in [1.82, 2.24) is 9.97 Å². The SMILES string of the molecule is Cc1ccc(-c2cc3cc(F)ncc3[nH]2)cc1. The number of nitrogens with zero attached hydrogens (tertiary/aromatic N) is 1. The number of fused-ring (bicyclic) bond motifs is 1. The van der Waals surface area contributed by atoms with Crippen LogP contribution in [0.4, 0.5) is 4.39 Å². The number of aryl methyl sites for hydroxylation is 1. The average molecular weight is 226 g/mol. The molecule has 0 aliphatic heterocycles. The second kappa shape index (κ2) is 3.70. The van der Waals surface area contributed by atoms with E-state index in [-0.39, 0.29) is 0 Å². The molecule has 0 radical (unpaired) electrons. The quantitative estimate of drug-likeness (QED) is 0.630. The lowest BCUT2D eigenvalue weighted by Crippen LogP contribution is -1.79. The Labute approximate surface area is 98.1 Å². The lowest BCUT2D eigenvalue weighted by atomic mass is 10.1. The summed E-state index contributed by atoms with van der Waals surface area (Å²) in [5.74, 6) is -0.452. The summed E-state index contributed by atoms with van der Waals surface area (Å²) in [6.45, 7) is 2.05. The van der Waals surface area contributed by atoms with Crippen LogP contribution in [0.25, 0.3) is 22.2 Å². The summed E-state index contributed by atoms with van der Waals surface area (Å²) in [7, 11) is 0. The van der Waals surface area contributed by atoms with E-state index in [0.717, 1.165) is 22.2 Å². The second-order valence-corrected chi connectivity index (χ2v) is 4.14. The molecule has 2 aromatic heterocycles. The van der Waals surface area contributed by atoms with Crippen LogP contribution < -0.4 is 0 Å². The summed E-state index contributed by atoms with van der Waals surface area (Å²) < 4.78 is 13.0. The van der Waals surface area contributed by atoms with Gasteiger partial charge < -0.3 is 4.98 Å². The highest BCUT2D eigenvalue weighted by atomic mass is 19.1. The van der Waals surface area contributed by atoms with Crippen LogP contribution >= 0.6 is 0 Å². The fourth-order valence-corrected chi connectivity index (χ4v) is 1.89. The van der Waals surface area contributed by atoms with E-state index in [1.165, 1.54) is 17.8 Å². The highest BCUT2D eigenvalue weighted by Gasteiger charge is 2.04. The Morgan fingerprint density at radius 1 is 1.12 bits per heavy atom. The first-order valence-electron chi connectivity index (χ1n) is 5.44. The van der Waals surface area contributed by atoms with Gasteiger partial charge in [0.2, 0.25) is 5.95 Å². The van der Waals surface area contributed by atoms with Gasteiger partial charge in [-0.05, 0) is 18.6 Å². The predicted molar refractivity (Wildman–Crippen MR) is 66.2 cm³/mol. The number of benzene rings is 1. The van der Waals surface area contributed by atoms with Gasteiger partial charge in [-0.1, -0.05) is 29.8 Å². The Kier molecular flexibility index (Phi) is 2.18. The summed E-state index contributed by atoms with van der Waals surface area (Å²) in [5, 5.41) is 0.841. The van der Waals surface area contributed by atoms with Crippen LogP contribution in [-0.2, 0) is 0 Å². The minimum atomic E-state index is -0.452. The van der Waals surface area contributed by atoms with Gasteiger partial charge in [0.15, 0.2) is 0 Å². The van der Waals surface area contributed by atoms with Crippen molar-refractivity contribution in [2.24, 2.45) is 0 Å². The van der Waals surface area contributed by atoms with Crippen molar-refractivity contribution in [2.45, 2.75) is 6.92 Å². The minimum absolute atomic E-state index is 0.452. The number of hydrogen-bond donors (Lipinski definition) is 1. The van der Waals surface area contributed by atoms with Gasteiger partial charge in [0.1, 0.15) is 0 Å². The number of rotatable bonds is 1. The van der Waals surface area contributed by atoms with Crippen LogP contribution in [0, 0.1) is 12.9 Å². The molecule has 0 aliphatic carbocycles. The molecule has 1 aromatic carbocycles. The van der Waals surface area contributed by atoms with Crippen molar-refractivity contribution in [2.75, 3.05) is 0 Å². The maximum atomic E-state index is 13.0. The van der Waals surface area contributed by atoms with E-state index < -0.39 is 5.95 Å². The normalized spacial score (nSPS) is 10.9. The molecule has 2 nitrogen and oxygen atoms in total. The van der Waals surface area contributed by atoms with E-state index in [1.807, 2.05) is 25.1 Å². The minimum Gasteiger partial charge on any atom is -0.353 e. The van der Waals surface area contributed by atoms with Gasteiger partial charge in [0.05, 0.1) is 11.7 Å². The molecule has 0 saturated carbocycles. The van der Waals surface area contributed by atoms with Crippen LogP contribution in [0.3, 0.4) is 0 Å². The average Bonchev–Trinajstić information content (AvgIpc) is 2.72. The molecule has 0 fully saturated rings. The molecule has 0 spiro atoms. The molecular formula is C14H11FN2. The van der Waals surface area contributed by atoms with Crippen molar-refractivity contribution >= 4 is 10.9 Å². The molecule has 3 rings (SSSR count). The Balaban J connectivity index is 2.14. The van der Waals surface area contributed by atoms with Gasteiger partial charge in [0.25, 0.3) is 0 Å². The Morgan fingerprint density at radius 2 is 1.88 bits per heavy atom. The van der Waals surface area contributed by atoms with Gasteiger partial charge in [-0.15, -0.1) is 0 Å². The molecule has 3 aromatic rings. The van der Waals surface area contributed by atoms with Crippen LogP contribution in [0.5, 0.6) is 0 Å². The molecule has 0 saturated heterocycles. The predicted octanol–water partition coefficient (Wildman–Crippen LogP) is 3.68. The highest BCUT2D eigenvalue weighted by Crippen LogP contribution is 2.24. The lowest BCUT2D eigenvalue weighted by Gasteiger charge is -1.97. The molecule has 2 heterocycles. The van der Waals surface area contributed by atoms with Crippen molar-refractivity contribution < 1.29 is 4.39 Å². The van der Waals surface area contributed by atoms with E-state index in [9.17, 15) is 4.39 Å². The zero-order valence-electron chi connectivity index (χ0n) is 9.37. The summed E-state index contributed by atoms with van der Waals surface area (Å²) in [4.78, 5) is 6.86. The van der Waals surface area contributed by atoms with Crippen molar-refractivity contribution in [3.63, 3.8) is 0 Å². The fourth-order valence-electron chi connectivity index (χ4n) is 1.89. The zero-order chi connectivity index (χ0) is 11.8. The number of halogens is 1. The lowest BCUT2D eigenvalue weighted by molar-refractivity contribution is 0.586. The second-order valence-electron chi connectivity index (χ2n) is 4.14. The van der Waals surface area contributed by atoms with E-state index >= 15 is 0 Å². The standard InChI is InChI=1S/C14H11FN2/c1-9-2-4-10(5-3-9)12-6-11-7-14(15)16-8-13(11)17-12/h2-8,17H,1H3. The van der Waals surface area contributed by atoms with Crippen molar-refractivity contribution in [3.8, 4) is 11.3 Å². The van der Waals surface area contributed by atoms with Crippen LogP contribution in [0.2, 0.25) is 0 Å². The van der Waals surface area contributed by atoms with Crippen molar-refractivity contribution in [3.05, 3.63) is 54.1 Å². The van der Waals surface area contributed by atoms with E-state index in [2.05, 4.69) is 22.1 Å². The van der Waals surface area contributed by atoms with Crippen LogP contribution in [0.1, 0.15) is 5.56 Å².